The number of rotatable bonds is 8. The molecule has 1 N–H and O–H groups in total. The van der Waals surface area contributed by atoms with Crippen LogP contribution in [0.15, 0.2) is 82.2 Å². The predicted molar refractivity (Wildman–Crippen MR) is 111 cm³/mol. The van der Waals surface area contributed by atoms with Crippen molar-refractivity contribution in [3.05, 3.63) is 107 Å². The van der Waals surface area contributed by atoms with Gasteiger partial charge in [0.1, 0.15) is 11.6 Å². The lowest BCUT2D eigenvalue weighted by Crippen LogP contribution is -2.30. The molecule has 32 heavy (non-hydrogen) atoms. The van der Waals surface area contributed by atoms with E-state index in [9.17, 15) is 14.0 Å². The van der Waals surface area contributed by atoms with E-state index in [0.717, 1.165) is 5.56 Å². The molecule has 9 heteroatoms. The van der Waals surface area contributed by atoms with E-state index in [-0.39, 0.29) is 37.1 Å². The van der Waals surface area contributed by atoms with Crippen LogP contribution >= 0.6 is 0 Å². The second-order valence-electron chi connectivity index (χ2n) is 6.97. The molecule has 8 nitrogen and oxygen atoms in total. The Labute approximate surface area is 182 Å². The number of furan rings is 1. The third-order valence-corrected chi connectivity index (χ3v) is 4.63. The fraction of sp³-hybridized carbons (Fsp3) is 0.130. The van der Waals surface area contributed by atoms with Gasteiger partial charge in [0.2, 0.25) is 0 Å². The maximum absolute atomic E-state index is 13.0. The summed E-state index contributed by atoms with van der Waals surface area (Å²) in [5, 5.41) is 6.50. The summed E-state index contributed by atoms with van der Waals surface area (Å²) in [6.07, 6.45) is 4.59. The molecule has 0 spiro atoms. The first-order valence-corrected chi connectivity index (χ1v) is 9.78. The zero-order valence-electron chi connectivity index (χ0n) is 16.9. The molecule has 0 saturated heterocycles. The van der Waals surface area contributed by atoms with Gasteiger partial charge in [-0.3, -0.25) is 14.6 Å². The van der Waals surface area contributed by atoms with Gasteiger partial charge >= 0.3 is 0 Å². The minimum absolute atomic E-state index is 0.0761. The minimum atomic E-state index is -0.444. The van der Waals surface area contributed by atoms with Gasteiger partial charge in [-0.25, -0.2) is 4.39 Å². The fourth-order valence-corrected chi connectivity index (χ4v) is 3.02. The molecular weight excluding hydrogens is 415 g/mol. The van der Waals surface area contributed by atoms with Gasteiger partial charge in [-0.1, -0.05) is 17.3 Å². The van der Waals surface area contributed by atoms with Crippen molar-refractivity contribution in [3.8, 4) is 0 Å². The molecule has 0 fully saturated rings. The lowest BCUT2D eigenvalue weighted by molar-refractivity contribution is 0.0699. The van der Waals surface area contributed by atoms with Crippen LogP contribution in [0.3, 0.4) is 0 Å². The summed E-state index contributed by atoms with van der Waals surface area (Å²) in [6, 6.07) is 14.1. The predicted octanol–water partition coefficient (Wildman–Crippen LogP) is 3.57. The molecule has 0 atom stereocenters. The summed E-state index contributed by atoms with van der Waals surface area (Å²) < 4.78 is 23.7. The van der Waals surface area contributed by atoms with Gasteiger partial charge in [0.25, 0.3) is 11.8 Å². The zero-order chi connectivity index (χ0) is 22.3. The number of carbonyl (C=O) groups is 2. The maximum atomic E-state index is 13.0. The van der Waals surface area contributed by atoms with Crippen molar-refractivity contribution in [2.75, 3.05) is 0 Å². The topological polar surface area (TPSA) is 101 Å². The summed E-state index contributed by atoms with van der Waals surface area (Å²) in [5.74, 6) is -0.130. The molecule has 4 rings (SSSR count). The molecule has 4 aromatic rings. The Morgan fingerprint density at radius 3 is 2.56 bits per heavy atom. The Bertz CT molecular complexity index is 1170. The quantitative estimate of drug-likeness (QED) is 0.455. The largest absolute Gasteiger partial charge is 0.467 e. The van der Waals surface area contributed by atoms with Crippen LogP contribution in [0.5, 0.6) is 0 Å². The molecular formula is C23H19FN4O4. The molecule has 162 valence electrons. The highest BCUT2D eigenvalue weighted by Crippen LogP contribution is 2.15. The van der Waals surface area contributed by atoms with Gasteiger partial charge in [0.15, 0.2) is 11.5 Å². The Morgan fingerprint density at radius 1 is 1.03 bits per heavy atom. The van der Waals surface area contributed by atoms with Crippen LogP contribution in [-0.2, 0) is 19.6 Å². The van der Waals surface area contributed by atoms with Gasteiger partial charge in [-0.15, -0.1) is 0 Å². The van der Waals surface area contributed by atoms with Crippen LogP contribution in [-0.4, -0.2) is 26.9 Å². The molecule has 1 aromatic carbocycles. The Balaban J connectivity index is 1.44. The monoisotopic (exact) mass is 434 g/mol. The first-order chi connectivity index (χ1) is 15.6. The number of aromatic nitrogens is 2. The van der Waals surface area contributed by atoms with Gasteiger partial charge in [0, 0.05) is 25.0 Å². The van der Waals surface area contributed by atoms with E-state index < -0.39 is 5.91 Å². The van der Waals surface area contributed by atoms with Crippen molar-refractivity contribution >= 4 is 11.8 Å². The van der Waals surface area contributed by atoms with Crippen LogP contribution in [0, 0.1) is 5.82 Å². The molecule has 0 bridgehead atoms. The molecule has 3 aromatic heterocycles. The highest BCUT2D eigenvalue weighted by Gasteiger charge is 2.21. The number of benzene rings is 1. The van der Waals surface area contributed by atoms with E-state index in [4.69, 9.17) is 8.94 Å². The molecule has 0 saturated carbocycles. The van der Waals surface area contributed by atoms with E-state index in [1.807, 2.05) is 0 Å². The lowest BCUT2D eigenvalue weighted by atomic mass is 10.2. The van der Waals surface area contributed by atoms with Crippen molar-refractivity contribution in [2.45, 2.75) is 19.6 Å². The van der Waals surface area contributed by atoms with Crippen LogP contribution in [0.25, 0.3) is 0 Å². The zero-order valence-corrected chi connectivity index (χ0v) is 16.9. The number of halogens is 1. The Kier molecular flexibility index (Phi) is 6.35. The number of hydrogen-bond donors (Lipinski definition) is 1. The van der Waals surface area contributed by atoms with Crippen molar-refractivity contribution in [3.63, 3.8) is 0 Å². The van der Waals surface area contributed by atoms with E-state index in [1.165, 1.54) is 35.6 Å². The lowest BCUT2D eigenvalue weighted by Gasteiger charge is -2.20. The summed E-state index contributed by atoms with van der Waals surface area (Å²) >= 11 is 0. The molecule has 0 aliphatic heterocycles. The molecule has 2 amide bonds. The first kappa shape index (κ1) is 21.0. The molecule has 0 aliphatic carbocycles. The number of nitrogens with one attached hydrogen (secondary N) is 1. The average Bonchev–Trinajstić information content (AvgIpc) is 3.50. The second-order valence-corrected chi connectivity index (χ2v) is 6.97. The second kappa shape index (κ2) is 9.69. The Hall–Kier alpha value is -4.27. The van der Waals surface area contributed by atoms with E-state index in [0.29, 0.717) is 17.1 Å². The van der Waals surface area contributed by atoms with Gasteiger partial charge in [-0.05, 0) is 42.0 Å². The van der Waals surface area contributed by atoms with Crippen molar-refractivity contribution in [1.29, 1.82) is 0 Å². The van der Waals surface area contributed by atoms with Crippen LogP contribution in [0.1, 0.15) is 37.9 Å². The molecule has 0 radical (unpaired) electrons. The number of amides is 2. The normalized spacial score (nSPS) is 10.7. The van der Waals surface area contributed by atoms with E-state index >= 15 is 0 Å². The SMILES string of the molecule is O=C(NCc1ccc(F)cc1)c1cc(CN(Cc2ccco2)C(=O)c2cccnc2)on1. The number of pyridine rings is 1. The minimum Gasteiger partial charge on any atom is -0.467 e. The van der Waals surface area contributed by atoms with Crippen LogP contribution in [0.4, 0.5) is 4.39 Å². The average molecular weight is 434 g/mol. The number of hydrogen-bond acceptors (Lipinski definition) is 6. The smallest absolute Gasteiger partial charge is 0.273 e. The number of carbonyl (C=O) groups excluding carboxylic acids is 2. The summed E-state index contributed by atoms with van der Waals surface area (Å²) in [5.41, 5.74) is 1.24. The summed E-state index contributed by atoms with van der Waals surface area (Å²) in [6.45, 7) is 0.492. The first-order valence-electron chi connectivity index (χ1n) is 9.78. The van der Waals surface area contributed by atoms with Crippen LogP contribution < -0.4 is 5.32 Å². The van der Waals surface area contributed by atoms with E-state index in [1.54, 1.807) is 42.6 Å². The van der Waals surface area contributed by atoms with Gasteiger partial charge in [-0.2, -0.15) is 0 Å². The van der Waals surface area contributed by atoms with Crippen LogP contribution in [0.2, 0.25) is 0 Å². The highest BCUT2D eigenvalue weighted by molar-refractivity contribution is 5.94. The van der Waals surface area contributed by atoms with Crippen molar-refractivity contribution in [2.24, 2.45) is 0 Å². The maximum Gasteiger partial charge on any atom is 0.273 e. The highest BCUT2D eigenvalue weighted by atomic mass is 19.1. The molecule has 0 unspecified atom stereocenters. The number of nitrogens with zero attached hydrogens (tertiary/aromatic N) is 3. The van der Waals surface area contributed by atoms with Crippen molar-refractivity contribution in [1.82, 2.24) is 20.4 Å². The molecule has 0 aliphatic rings. The Morgan fingerprint density at radius 2 is 1.84 bits per heavy atom. The molecule has 3 heterocycles. The fourth-order valence-electron chi connectivity index (χ4n) is 3.02. The van der Waals surface area contributed by atoms with E-state index in [2.05, 4.69) is 15.5 Å². The summed E-state index contributed by atoms with van der Waals surface area (Å²) in [7, 11) is 0. The van der Waals surface area contributed by atoms with Crippen molar-refractivity contribution < 1.29 is 22.9 Å². The third kappa shape index (κ3) is 5.25. The standard InChI is InChI=1S/C23H19FN4O4/c24-18-7-5-16(6-8-18)12-26-22(29)21-11-20(32-27-21)15-28(14-19-4-2-10-31-19)23(30)17-3-1-9-25-13-17/h1-11,13H,12,14-15H2,(H,26,29). The van der Waals surface area contributed by atoms with Gasteiger partial charge < -0.3 is 19.2 Å². The van der Waals surface area contributed by atoms with Gasteiger partial charge in [0.05, 0.1) is 24.9 Å². The summed E-state index contributed by atoms with van der Waals surface area (Å²) in [4.78, 5) is 30.9. The third-order valence-electron chi connectivity index (χ3n) is 4.63.